The summed E-state index contributed by atoms with van der Waals surface area (Å²) in [5.74, 6) is 0.469. The molecule has 2 N–H and O–H groups in total. The smallest absolute Gasteiger partial charge is 0.325 e. The van der Waals surface area contributed by atoms with Crippen molar-refractivity contribution >= 4 is 17.8 Å². The molecule has 2 aromatic rings. The molecule has 2 rings (SSSR count). The Labute approximate surface area is 182 Å². The molecule has 0 saturated heterocycles. The van der Waals surface area contributed by atoms with Crippen LogP contribution in [-0.4, -0.2) is 31.4 Å². The van der Waals surface area contributed by atoms with Crippen LogP contribution < -0.4 is 15.4 Å². The lowest BCUT2D eigenvalue weighted by Gasteiger charge is -2.07. The number of aryl methyl sites for hydroxylation is 1. The number of nitrogens with one attached hydrogen (secondary N) is 2. The number of esters is 1. The first-order valence-electron chi connectivity index (χ1n) is 10.2. The van der Waals surface area contributed by atoms with Gasteiger partial charge >= 0.3 is 5.97 Å². The van der Waals surface area contributed by atoms with E-state index in [1.165, 1.54) is 12.7 Å². The van der Waals surface area contributed by atoms with Crippen molar-refractivity contribution in [2.24, 2.45) is 0 Å². The van der Waals surface area contributed by atoms with Crippen molar-refractivity contribution in [1.82, 2.24) is 10.6 Å². The molecule has 0 radical (unpaired) electrons. The van der Waals surface area contributed by atoms with Crippen LogP contribution in [0.1, 0.15) is 42.1 Å². The van der Waals surface area contributed by atoms with Gasteiger partial charge in [-0.3, -0.25) is 14.4 Å². The van der Waals surface area contributed by atoms with Crippen molar-refractivity contribution < 1.29 is 23.9 Å². The van der Waals surface area contributed by atoms with E-state index in [9.17, 15) is 14.4 Å². The van der Waals surface area contributed by atoms with Crippen LogP contribution in [0.15, 0.2) is 60.8 Å². The Morgan fingerprint density at radius 3 is 2.23 bits per heavy atom. The van der Waals surface area contributed by atoms with Crippen LogP contribution in [0.2, 0.25) is 0 Å². The molecule has 7 heteroatoms. The minimum absolute atomic E-state index is 0.129. The molecule has 164 valence electrons. The second-order valence-corrected chi connectivity index (χ2v) is 6.74. The second-order valence-electron chi connectivity index (χ2n) is 6.74. The number of amides is 2. The Hall–Kier alpha value is -3.61. The van der Waals surface area contributed by atoms with E-state index in [0.29, 0.717) is 24.2 Å². The number of methoxy groups -OCH3 is 1. The molecule has 7 nitrogen and oxygen atoms in total. The molecule has 0 fully saturated rings. The molecule has 0 aliphatic carbocycles. The van der Waals surface area contributed by atoms with Crippen molar-refractivity contribution in [2.75, 3.05) is 13.7 Å². The summed E-state index contributed by atoms with van der Waals surface area (Å²) in [7, 11) is 1.27. The summed E-state index contributed by atoms with van der Waals surface area (Å²) < 4.78 is 10.2. The van der Waals surface area contributed by atoms with Crippen molar-refractivity contribution in [3.05, 3.63) is 71.9 Å². The summed E-state index contributed by atoms with van der Waals surface area (Å²) in [6, 6.07) is 14.8. The third kappa shape index (κ3) is 8.74. The molecule has 0 saturated carbocycles. The number of ether oxygens (including phenoxy) is 2. The number of carbonyl (C=O) groups excluding carboxylic acids is 3. The highest BCUT2D eigenvalue weighted by atomic mass is 16.5. The van der Waals surface area contributed by atoms with Gasteiger partial charge in [0.2, 0.25) is 5.91 Å². The first kappa shape index (κ1) is 23.7. The fourth-order valence-electron chi connectivity index (χ4n) is 2.62. The van der Waals surface area contributed by atoms with Gasteiger partial charge in [-0.05, 0) is 61.2 Å². The number of allylic oxidation sites excluding steroid dienone is 1. The molecule has 0 aromatic heterocycles. The van der Waals surface area contributed by atoms with E-state index in [1.54, 1.807) is 36.5 Å². The minimum Gasteiger partial charge on any atom is -0.468 e. The Bertz CT molecular complexity index is 889. The maximum atomic E-state index is 12.2. The molecule has 0 atom stereocenters. The number of benzene rings is 2. The van der Waals surface area contributed by atoms with Gasteiger partial charge in [0, 0.05) is 18.2 Å². The van der Waals surface area contributed by atoms with Crippen molar-refractivity contribution in [3.8, 4) is 11.5 Å². The second kappa shape index (κ2) is 12.8. The lowest BCUT2D eigenvalue weighted by Crippen LogP contribution is -2.29. The molecule has 0 aliphatic rings. The largest absolute Gasteiger partial charge is 0.468 e. The van der Waals surface area contributed by atoms with E-state index in [4.69, 9.17) is 4.74 Å². The van der Waals surface area contributed by atoms with Crippen LogP contribution >= 0.6 is 0 Å². The normalized spacial score (nSPS) is 10.5. The lowest BCUT2D eigenvalue weighted by atomic mass is 10.2. The summed E-state index contributed by atoms with van der Waals surface area (Å²) in [4.78, 5) is 34.7. The van der Waals surface area contributed by atoms with Crippen molar-refractivity contribution in [3.63, 3.8) is 0 Å². The summed E-state index contributed by atoms with van der Waals surface area (Å²) in [6.07, 6.45) is 5.83. The predicted molar refractivity (Wildman–Crippen MR) is 118 cm³/mol. The summed E-state index contributed by atoms with van der Waals surface area (Å²) in [6.45, 7) is 1.97. The fourth-order valence-corrected chi connectivity index (χ4v) is 2.62. The highest BCUT2D eigenvalue weighted by Crippen LogP contribution is 2.22. The predicted octanol–water partition coefficient (Wildman–Crippen LogP) is 3.74. The van der Waals surface area contributed by atoms with E-state index < -0.39 is 5.97 Å². The van der Waals surface area contributed by atoms with Crippen LogP contribution in [0.3, 0.4) is 0 Å². The highest BCUT2D eigenvalue weighted by Gasteiger charge is 2.05. The van der Waals surface area contributed by atoms with Gasteiger partial charge in [-0.15, -0.1) is 0 Å². The van der Waals surface area contributed by atoms with Crippen LogP contribution in [-0.2, 0) is 20.7 Å². The Balaban J connectivity index is 1.69. The molecular formula is C24H28N2O5. The summed E-state index contributed by atoms with van der Waals surface area (Å²) in [5.41, 5.74) is 1.76. The third-order valence-corrected chi connectivity index (χ3v) is 4.45. The van der Waals surface area contributed by atoms with Gasteiger partial charge in [0.1, 0.15) is 18.0 Å². The standard InChI is InChI=1S/C24H28N2O5/c1-3-18-8-12-20(13-9-18)31-21-14-10-19(11-15-21)24(29)25-16-6-4-5-7-22(27)26-17-23(28)30-2/h6,8-16H,3-5,7,17H2,1-2H3,(H,25,29)(H,26,27)/b16-6-. The van der Waals surface area contributed by atoms with Gasteiger partial charge in [0.05, 0.1) is 7.11 Å². The zero-order valence-corrected chi connectivity index (χ0v) is 17.9. The quantitative estimate of drug-likeness (QED) is 0.423. The molecule has 0 aliphatic heterocycles. The Kier molecular flexibility index (Phi) is 9.81. The average Bonchev–Trinajstić information content (AvgIpc) is 2.80. The Morgan fingerprint density at radius 2 is 1.61 bits per heavy atom. The van der Waals surface area contributed by atoms with Crippen LogP contribution in [0.25, 0.3) is 0 Å². The van der Waals surface area contributed by atoms with Crippen molar-refractivity contribution in [2.45, 2.75) is 32.6 Å². The SMILES string of the molecule is CCc1ccc(Oc2ccc(C(=O)N/C=C\CCCC(=O)NCC(=O)OC)cc2)cc1. The minimum atomic E-state index is -0.485. The number of carbonyl (C=O) groups is 3. The van der Waals surface area contributed by atoms with Gasteiger partial charge in [-0.2, -0.15) is 0 Å². The Morgan fingerprint density at radius 1 is 0.968 bits per heavy atom. The van der Waals surface area contributed by atoms with Gasteiger partial charge in [0.25, 0.3) is 5.91 Å². The van der Waals surface area contributed by atoms with E-state index in [0.717, 1.165) is 12.2 Å². The number of rotatable bonds is 11. The lowest BCUT2D eigenvalue weighted by molar-refractivity contribution is -0.141. The zero-order valence-electron chi connectivity index (χ0n) is 17.9. The zero-order chi connectivity index (χ0) is 22.5. The van der Waals surface area contributed by atoms with E-state index >= 15 is 0 Å². The number of hydrogen-bond acceptors (Lipinski definition) is 5. The van der Waals surface area contributed by atoms with Gasteiger partial charge in [-0.25, -0.2) is 0 Å². The fraction of sp³-hybridized carbons (Fsp3) is 0.292. The molecule has 0 spiro atoms. The number of unbranched alkanes of at least 4 members (excludes halogenated alkanes) is 1. The van der Waals surface area contributed by atoms with Gasteiger partial charge in [0.15, 0.2) is 0 Å². The molecule has 0 unspecified atom stereocenters. The third-order valence-electron chi connectivity index (χ3n) is 4.45. The molecule has 0 heterocycles. The summed E-state index contributed by atoms with van der Waals surface area (Å²) in [5, 5.41) is 5.17. The monoisotopic (exact) mass is 424 g/mol. The maximum Gasteiger partial charge on any atom is 0.325 e. The first-order chi connectivity index (χ1) is 15.0. The van der Waals surface area contributed by atoms with Gasteiger partial charge in [-0.1, -0.05) is 25.1 Å². The molecule has 0 bridgehead atoms. The van der Waals surface area contributed by atoms with E-state index in [2.05, 4.69) is 22.3 Å². The summed E-state index contributed by atoms with van der Waals surface area (Å²) >= 11 is 0. The van der Waals surface area contributed by atoms with Gasteiger partial charge < -0.3 is 20.1 Å². The number of hydrogen-bond donors (Lipinski definition) is 2. The topological polar surface area (TPSA) is 93.7 Å². The molecular weight excluding hydrogens is 396 g/mol. The molecule has 2 amide bonds. The first-order valence-corrected chi connectivity index (χ1v) is 10.2. The molecule has 31 heavy (non-hydrogen) atoms. The van der Waals surface area contributed by atoms with Crippen LogP contribution in [0.5, 0.6) is 11.5 Å². The van der Waals surface area contributed by atoms with Crippen LogP contribution in [0.4, 0.5) is 0 Å². The van der Waals surface area contributed by atoms with E-state index in [1.807, 2.05) is 24.3 Å². The average molecular weight is 424 g/mol. The van der Waals surface area contributed by atoms with Crippen molar-refractivity contribution in [1.29, 1.82) is 0 Å². The highest BCUT2D eigenvalue weighted by molar-refractivity contribution is 5.94. The van der Waals surface area contributed by atoms with E-state index in [-0.39, 0.29) is 24.8 Å². The molecule has 2 aromatic carbocycles. The maximum absolute atomic E-state index is 12.2. The van der Waals surface area contributed by atoms with Crippen LogP contribution in [0, 0.1) is 0 Å².